The highest BCUT2D eigenvalue weighted by atomic mass is 79.9. The van der Waals surface area contributed by atoms with Gasteiger partial charge in [0, 0.05) is 12.1 Å². The topological polar surface area (TPSA) is 178 Å². The number of nitrogens with zero attached hydrogens (tertiary/aromatic N) is 1. The first kappa shape index (κ1) is 18.6. The van der Waals surface area contributed by atoms with Crippen molar-refractivity contribution in [3.8, 4) is 5.75 Å². The lowest BCUT2D eigenvalue weighted by Crippen LogP contribution is -2.16. The number of rotatable bonds is 5. The fourth-order valence-electron chi connectivity index (χ4n) is 1.13. The van der Waals surface area contributed by atoms with E-state index in [2.05, 4.69) is 15.9 Å². The summed E-state index contributed by atoms with van der Waals surface area (Å²) in [5, 5.41) is 20.2. The predicted molar refractivity (Wildman–Crippen MR) is 76.4 cm³/mol. The molecule has 21 heavy (non-hydrogen) atoms. The van der Waals surface area contributed by atoms with Crippen LogP contribution >= 0.6 is 42.9 Å². The molecule has 0 amide bonds. The lowest BCUT2D eigenvalue weighted by Gasteiger charge is -2.28. The van der Waals surface area contributed by atoms with Gasteiger partial charge >= 0.3 is 15.2 Å². The normalized spacial score (nSPS) is 13.2. The molecule has 118 valence electrons. The maximum Gasteiger partial charge on any atom is 0.364 e. The highest BCUT2D eigenvalue weighted by Gasteiger charge is 2.60. The number of benzene rings is 1. The molecule has 1 aromatic carbocycles. The molecule has 0 fully saturated rings. The van der Waals surface area contributed by atoms with Crippen LogP contribution in [0.25, 0.3) is 0 Å². The van der Waals surface area contributed by atoms with E-state index in [4.69, 9.17) is 19.6 Å². The van der Waals surface area contributed by atoms with Gasteiger partial charge in [-0.25, -0.2) is 0 Å². The van der Waals surface area contributed by atoms with E-state index in [9.17, 15) is 24.4 Å². The molecule has 14 heteroatoms. The summed E-state index contributed by atoms with van der Waals surface area (Å²) in [6, 6.07) is 2.53. The summed E-state index contributed by atoms with van der Waals surface area (Å²) in [5.74, 6) is -0.628. The second-order valence-corrected chi connectivity index (χ2v) is 12.3. The van der Waals surface area contributed by atoms with Crippen LogP contribution in [0.3, 0.4) is 0 Å². The Balaban J connectivity index is 3.42. The molecule has 0 bridgehead atoms. The summed E-state index contributed by atoms with van der Waals surface area (Å²) in [6.45, 7) is 0. The SMILES string of the molecule is O=[N+]([O-])c1ccc(O)c(SC(Br)(P(=O)(O)O)P(=O)(O)O)c1. The van der Waals surface area contributed by atoms with E-state index in [1.807, 2.05) is 0 Å². The average molecular weight is 424 g/mol. The molecule has 0 unspecified atom stereocenters. The third-order valence-corrected chi connectivity index (χ3v) is 11.2. The van der Waals surface area contributed by atoms with Crippen molar-refractivity contribution in [2.24, 2.45) is 0 Å². The number of nitro groups is 1. The molecule has 0 saturated carbocycles. The molecular formula is C7H8BrNO9P2S. The monoisotopic (exact) mass is 423 g/mol. The summed E-state index contributed by atoms with van der Waals surface area (Å²) < 4.78 is 19.6. The van der Waals surface area contributed by atoms with Crippen molar-refractivity contribution in [1.29, 1.82) is 0 Å². The number of halogens is 1. The third-order valence-electron chi connectivity index (χ3n) is 2.11. The first-order valence-corrected chi connectivity index (χ1v) is 9.59. The van der Waals surface area contributed by atoms with Crippen molar-refractivity contribution in [1.82, 2.24) is 0 Å². The van der Waals surface area contributed by atoms with E-state index in [1.54, 1.807) is 0 Å². The second kappa shape index (κ2) is 5.98. The van der Waals surface area contributed by atoms with E-state index < -0.39 is 39.6 Å². The molecule has 0 radical (unpaired) electrons. The summed E-state index contributed by atoms with van der Waals surface area (Å²) in [6.07, 6.45) is 0. The maximum atomic E-state index is 11.4. The van der Waals surface area contributed by atoms with Crippen molar-refractivity contribution >= 4 is 48.6 Å². The minimum Gasteiger partial charge on any atom is -0.507 e. The van der Waals surface area contributed by atoms with Gasteiger partial charge in [-0.2, -0.15) is 0 Å². The van der Waals surface area contributed by atoms with Gasteiger partial charge in [-0.3, -0.25) is 19.2 Å². The Labute approximate surface area is 129 Å². The van der Waals surface area contributed by atoms with Crippen molar-refractivity contribution in [2.75, 3.05) is 0 Å². The van der Waals surface area contributed by atoms with E-state index in [0.29, 0.717) is 0 Å². The zero-order valence-corrected chi connectivity index (χ0v) is 13.9. The molecule has 0 heterocycles. The van der Waals surface area contributed by atoms with E-state index in [1.165, 1.54) is 0 Å². The Bertz CT molecular complexity index is 648. The van der Waals surface area contributed by atoms with Gasteiger partial charge in [-0.1, -0.05) is 11.8 Å². The van der Waals surface area contributed by atoms with E-state index >= 15 is 0 Å². The zero-order valence-electron chi connectivity index (χ0n) is 9.73. The number of alkyl halides is 1. The van der Waals surface area contributed by atoms with Crippen LogP contribution < -0.4 is 0 Å². The van der Waals surface area contributed by atoms with Crippen LogP contribution in [-0.4, -0.2) is 32.7 Å². The fourth-order valence-corrected chi connectivity index (χ4v) is 5.18. The molecule has 0 aliphatic heterocycles. The molecule has 0 spiro atoms. The summed E-state index contributed by atoms with van der Waals surface area (Å²) in [4.78, 5) is 45.9. The molecule has 0 aromatic heterocycles. The van der Waals surface area contributed by atoms with Crippen LogP contribution in [-0.2, 0) is 9.13 Å². The number of hydrogen-bond donors (Lipinski definition) is 5. The highest BCUT2D eigenvalue weighted by molar-refractivity contribution is 9.14. The predicted octanol–water partition coefficient (Wildman–Crippen LogP) is 1.75. The van der Waals surface area contributed by atoms with Crippen molar-refractivity contribution in [3.05, 3.63) is 28.3 Å². The number of hydrogen-bond acceptors (Lipinski definition) is 6. The Morgan fingerprint density at radius 2 is 1.67 bits per heavy atom. The number of non-ortho nitro benzene ring substituents is 1. The third kappa shape index (κ3) is 3.85. The molecule has 0 saturated heterocycles. The van der Waals surface area contributed by atoms with Gasteiger partial charge in [0.25, 0.3) is 8.83 Å². The average Bonchev–Trinajstić information content (AvgIpc) is 2.28. The lowest BCUT2D eigenvalue weighted by molar-refractivity contribution is -0.385. The number of thioether (sulfide) groups is 1. The molecule has 1 rings (SSSR count). The second-order valence-electron chi connectivity index (χ2n) is 3.63. The summed E-state index contributed by atoms with van der Waals surface area (Å²) in [5.41, 5.74) is -0.526. The Morgan fingerprint density at radius 1 is 1.19 bits per heavy atom. The van der Waals surface area contributed by atoms with Crippen LogP contribution in [0.1, 0.15) is 0 Å². The van der Waals surface area contributed by atoms with Crippen molar-refractivity contribution < 1.29 is 38.7 Å². The quantitative estimate of drug-likeness (QED) is 0.154. The fraction of sp³-hybridized carbons (Fsp3) is 0.143. The molecule has 0 aliphatic carbocycles. The van der Waals surface area contributed by atoms with E-state index in [-0.39, 0.29) is 11.8 Å². The van der Waals surface area contributed by atoms with Crippen LogP contribution in [0.15, 0.2) is 23.1 Å². The molecule has 0 aliphatic rings. The smallest absolute Gasteiger partial charge is 0.364 e. The van der Waals surface area contributed by atoms with Gasteiger partial charge in [0.2, 0.25) is 0 Å². The van der Waals surface area contributed by atoms with Crippen LogP contribution in [0, 0.1) is 10.1 Å². The lowest BCUT2D eigenvalue weighted by atomic mass is 10.3. The van der Waals surface area contributed by atoms with Gasteiger partial charge in [0.1, 0.15) is 5.75 Å². The first-order valence-electron chi connectivity index (χ1n) is 4.76. The van der Waals surface area contributed by atoms with Gasteiger partial charge in [-0.15, -0.1) is 0 Å². The molecular weight excluding hydrogens is 416 g/mol. The van der Waals surface area contributed by atoms with Crippen molar-refractivity contribution in [2.45, 2.75) is 8.03 Å². The molecule has 10 nitrogen and oxygen atoms in total. The summed E-state index contributed by atoms with van der Waals surface area (Å²) in [7, 11) is -10.8. The Morgan fingerprint density at radius 3 is 2.05 bits per heavy atom. The number of aromatic hydroxyl groups is 1. The van der Waals surface area contributed by atoms with Crippen LogP contribution in [0.4, 0.5) is 5.69 Å². The van der Waals surface area contributed by atoms with Crippen molar-refractivity contribution in [3.63, 3.8) is 0 Å². The van der Waals surface area contributed by atoms with Gasteiger partial charge in [-0.05, 0) is 22.0 Å². The summed E-state index contributed by atoms with van der Waals surface area (Å²) >= 11 is 2.21. The van der Waals surface area contributed by atoms with Gasteiger partial charge in [0.05, 0.1) is 9.82 Å². The van der Waals surface area contributed by atoms with Gasteiger partial charge < -0.3 is 24.7 Å². The largest absolute Gasteiger partial charge is 0.507 e. The Hall–Kier alpha value is -0.450. The zero-order chi connectivity index (χ0) is 16.6. The Kier molecular flexibility index (Phi) is 5.29. The van der Waals surface area contributed by atoms with Crippen LogP contribution in [0.2, 0.25) is 0 Å². The first-order chi connectivity index (χ1) is 9.29. The molecule has 0 atom stereocenters. The molecule has 5 N–H and O–H groups in total. The van der Waals surface area contributed by atoms with Crippen LogP contribution in [0.5, 0.6) is 5.75 Å². The minimum absolute atomic E-state index is 0.101. The number of phenolic OH excluding ortho intramolecular Hbond substituents is 1. The number of nitro benzene ring substituents is 1. The van der Waals surface area contributed by atoms with E-state index in [0.717, 1.165) is 18.2 Å². The number of phenols is 1. The maximum absolute atomic E-state index is 11.4. The standard InChI is InChI=1S/C7H8BrNO9P2S/c8-7(19(13,14)15,20(16,17)18)21-6-3-4(9(11)12)1-2-5(6)10/h1-3,10H,(H2,13,14,15)(H2,16,17,18). The highest BCUT2D eigenvalue weighted by Crippen LogP contribution is 2.78. The molecule has 1 aromatic rings. The minimum atomic E-state index is -5.40. The van der Waals surface area contributed by atoms with Gasteiger partial charge in [0.15, 0.2) is 0 Å².